The van der Waals surface area contributed by atoms with Crippen molar-refractivity contribution >= 4 is 21.7 Å². The lowest BCUT2D eigenvalue weighted by Crippen LogP contribution is -2.25. The van der Waals surface area contributed by atoms with Crippen molar-refractivity contribution in [2.75, 3.05) is 11.9 Å². The van der Waals surface area contributed by atoms with E-state index in [2.05, 4.69) is 31.2 Å². The lowest BCUT2D eigenvalue weighted by Gasteiger charge is -2.12. The largest absolute Gasteiger partial charge is 0.365 e. The number of hydrogen-bond donors (Lipinski definition) is 2. The van der Waals surface area contributed by atoms with Crippen molar-refractivity contribution in [3.05, 3.63) is 17.0 Å². The highest BCUT2D eigenvalue weighted by atomic mass is 79.9. The van der Waals surface area contributed by atoms with E-state index in [1.807, 2.05) is 6.92 Å². The lowest BCUT2D eigenvalue weighted by molar-refractivity contribution is 0.796. The Balaban J connectivity index is 2.69. The third-order valence-corrected chi connectivity index (χ3v) is 1.98. The first-order valence-electron chi connectivity index (χ1n) is 3.66. The van der Waals surface area contributed by atoms with E-state index in [4.69, 9.17) is 5.73 Å². The van der Waals surface area contributed by atoms with Crippen LogP contribution in [0.2, 0.25) is 0 Å². The Bertz CT molecular complexity index is 253. The highest BCUT2D eigenvalue weighted by Crippen LogP contribution is 2.17. The molecule has 0 aliphatic carbocycles. The van der Waals surface area contributed by atoms with E-state index in [0.29, 0.717) is 6.54 Å². The lowest BCUT2D eigenvalue weighted by atomic mass is 10.3. The standard InChI is InChI=1S/C7H11BrN4/c1-5(2-9)12-7-6(8)3-10-4-11-7/h3-5H,2,9H2,1H3,(H,10,11,12). The third kappa shape index (κ3) is 2.42. The van der Waals surface area contributed by atoms with Crippen molar-refractivity contribution in [3.63, 3.8) is 0 Å². The van der Waals surface area contributed by atoms with E-state index in [-0.39, 0.29) is 6.04 Å². The van der Waals surface area contributed by atoms with Crippen LogP contribution in [-0.4, -0.2) is 22.6 Å². The van der Waals surface area contributed by atoms with Gasteiger partial charge in [0.25, 0.3) is 0 Å². The van der Waals surface area contributed by atoms with E-state index in [9.17, 15) is 0 Å². The number of aromatic nitrogens is 2. The molecule has 0 spiro atoms. The first kappa shape index (κ1) is 9.41. The van der Waals surface area contributed by atoms with Gasteiger partial charge in [0.05, 0.1) is 4.47 Å². The van der Waals surface area contributed by atoms with E-state index >= 15 is 0 Å². The molecular weight excluding hydrogens is 220 g/mol. The molecule has 3 N–H and O–H groups in total. The number of anilines is 1. The van der Waals surface area contributed by atoms with Crippen LogP contribution in [0, 0.1) is 0 Å². The quantitative estimate of drug-likeness (QED) is 0.814. The van der Waals surface area contributed by atoms with Crippen molar-refractivity contribution in [2.45, 2.75) is 13.0 Å². The smallest absolute Gasteiger partial charge is 0.143 e. The summed E-state index contributed by atoms with van der Waals surface area (Å²) >= 11 is 3.33. The second-order valence-electron chi connectivity index (χ2n) is 2.50. The van der Waals surface area contributed by atoms with E-state index < -0.39 is 0 Å². The summed E-state index contributed by atoms with van der Waals surface area (Å²) in [6.07, 6.45) is 3.19. The zero-order valence-corrected chi connectivity index (χ0v) is 8.37. The molecule has 12 heavy (non-hydrogen) atoms. The maximum Gasteiger partial charge on any atom is 0.143 e. The molecule has 0 radical (unpaired) electrons. The molecule has 0 saturated carbocycles. The maximum absolute atomic E-state index is 5.45. The van der Waals surface area contributed by atoms with Gasteiger partial charge in [0.2, 0.25) is 0 Å². The van der Waals surface area contributed by atoms with Crippen LogP contribution >= 0.6 is 15.9 Å². The van der Waals surface area contributed by atoms with Crippen LogP contribution in [0.1, 0.15) is 6.92 Å². The van der Waals surface area contributed by atoms with Crippen molar-refractivity contribution in [1.29, 1.82) is 0 Å². The Hall–Kier alpha value is -0.680. The molecule has 1 heterocycles. The topological polar surface area (TPSA) is 63.8 Å². The Morgan fingerprint density at radius 3 is 3.08 bits per heavy atom. The molecule has 0 aliphatic rings. The minimum absolute atomic E-state index is 0.219. The average molecular weight is 231 g/mol. The van der Waals surface area contributed by atoms with Gasteiger partial charge in [-0.05, 0) is 22.9 Å². The van der Waals surface area contributed by atoms with E-state index in [1.54, 1.807) is 6.20 Å². The third-order valence-electron chi connectivity index (χ3n) is 1.40. The molecule has 66 valence electrons. The van der Waals surface area contributed by atoms with Gasteiger partial charge in [-0.2, -0.15) is 0 Å². The Kier molecular flexibility index (Phi) is 3.43. The number of halogens is 1. The van der Waals surface area contributed by atoms with Crippen LogP contribution in [-0.2, 0) is 0 Å². The highest BCUT2D eigenvalue weighted by molar-refractivity contribution is 9.10. The number of hydrogen-bond acceptors (Lipinski definition) is 4. The molecule has 0 aromatic carbocycles. The second kappa shape index (κ2) is 4.37. The number of nitrogens with two attached hydrogens (primary N) is 1. The van der Waals surface area contributed by atoms with Gasteiger partial charge in [0.1, 0.15) is 12.1 Å². The van der Waals surface area contributed by atoms with Crippen LogP contribution in [0.25, 0.3) is 0 Å². The summed E-state index contributed by atoms with van der Waals surface area (Å²) in [4.78, 5) is 7.89. The monoisotopic (exact) mass is 230 g/mol. The van der Waals surface area contributed by atoms with Gasteiger partial charge in [0, 0.05) is 18.8 Å². The molecule has 0 fully saturated rings. The molecule has 0 aliphatic heterocycles. The minimum Gasteiger partial charge on any atom is -0.365 e. The van der Waals surface area contributed by atoms with Crippen LogP contribution in [0.5, 0.6) is 0 Å². The summed E-state index contributed by atoms with van der Waals surface area (Å²) in [6, 6.07) is 0.219. The molecule has 1 rings (SSSR count). The fourth-order valence-corrected chi connectivity index (χ4v) is 1.05. The van der Waals surface area contributed by atoms with E-state index in [0.717, 1.165) is 10.3 Å². The Morgan fingerprint density at radius 2 is 2.50 bits per heavy atom. The van der Waals surface area contributed by atoms with Gasteiger partial charge in [-0.1, -0.05) is 0 Å². The molecule has 0 saturated heterocycles. The van der Waals surface area contributed by atoms with Crippen LogP contribution in [0.15, 0.2) is 17.0 Å². The first-order chi connectivity index (χ1) is 5.74. The van der Waals surface area contributed by atoms with Gasteiger partial charge in [-0.25, -0.2) is 9.97 Å². The molecule has 1 aromatic rings. The fraction of sp³-hybridized carbons (Fsp3) is 0.429. The first-order valence-corrected chi connectivity index (χ1v) is 4.45. The maximum atomic E-state index is 5.45. The number of nitrogens with one attached hydrogen (secondary N) is 1. The summed E-state index contributed by atoms with van der Waals surface area (Å²) in [5, 5.41) is 3.14. The van der Waals surface area contributed by atoms with Crippen molar-refractivity contribution in [3.8, 4) is 0 Å². The zero-order chi connectivity index (χ0) is 8.97. The summed E-state index contributed by atoms with van der Waals surface area (Å²) in [5.41, 5.74) is 5.45. The fourth-order valence-electron chi connectivity index (χ4n) is 0.711. The normalized spacial score (nSPS) is 12.6. The predicted molar refractivity (Wildman–Crippen MR) is 51.9 cm³/mol. The van der Waals surface area contributed by atoms with Gasteiger partial charge in [-0.3, -0.25) is 0 Å². The molecule has 1 aromatic heterocycles. The summed E-state index contributed by atoms with van der Waals surface area (Å²) in [7, 11) is 0. The Labute approximate surface area is 79.7 Å². The van der Waals surface area contributed by atoms with Crippen molar-refractivity contribution < 1.29 is 0 Å². The van der Waals surface area contributed by atoms with Gasteiger partial charge in [0.15, 0.2) is 0 Å². The molecule has 0 amide bonds. The van der Waals surface area contributed by atoms with Crippen LogP contribution in [0.4, 0.5) is 5.82 Å². The number of rotatable bonds is 3. The average Bonchev–Trinajstić information content (AvgIpc) is 2.09. The summed E-state index contributed by atoms with van der Waals surface area (Å²) < 4.78 is 0.852. The van der Waals surface area contributed by atoms with Crippen molar-refractivity contribution in [1.82, 2.24) is 9.97 Å². The molecular formula is C7H11BrN4. The molecule has 4 nitrogen and oxygen atoms in total. The molecule has 1 atom stereocenters. The van der Waals surface area contributed by atoms with Crippen LogP contribution < -0.4 is 11.1 Å². The molecule has 1 unspecified atom stereocenters. The second-order valence-corrected chi connectivity index (χ2v) is 3.35. The van der Waals surface area contributed by atoms with Gasteiger partial charge >= 0.3 is 0 Å². The zero-order valence-electron chi connectivity index (χ0n) is 6.79. The Morgan fingerprint density at radius 1 is 1.75 bits per heavy atom. The molecule has 0 bridgehead atoms. The number of nitrogens with zero attached hydrogens (tertiary/aromatic N) is 2. The van der Waals surface area contributed by atoms with Crippen molar-refractivity contribution in [2.24, 2.45) is 5.73 Å². The van der Waals surface area contributed by atoms with Gasteiger partial charge < -0.3 is 11.1 Å². The predicted octanol–water partition coefficient (Wildman–Crippen LogP) is 0.998. The van der Waals surface area contributed by atoms with Gasteiger partial charge in [-0.15, -0.1) is 0 Å². The summed E-state index contributed by atoms with van der Waals surface area (Å²) in [5.74, 6) is 0.781. The molecule has 5 heteroatoms. The highest BCUT2D eigenvalue weighted by Gasteiger charge is 2.03. The minimum atomic E-state index is 0.219. The van der Waals surface area contributed by atoms with E-state index in [1.165, 1.54) is 6.33 Å². The SMILES string of the molecule is CC(CN)Nc1ncncc1Br. The van der Waals surface area contributed by atoms with Crippen LogP contribution in [0.3, 0.4) is 0 Å². The summed E-state index contributed by atoms with van der Waals surface area (Å²) in [6.45, 7) is 2.57.